The van der Waals surface area contributed by atoms with Gasteiger partial charge in [-0.1, -0.05) is 11.6 Å². The second kappa shape index (κ2) is 6.75. The molecule has 1 amide bonds. The molecule has 0 spiro atoms. The van der Waals surface area contributed by atoms with Crippen LogP contribution in [0.25, 0.3) is 0 Å². The molecule has 0 radical (unpaired) electrons. The van der Waals surface area contributed by atoms with E-state index >= 15 is 0 Å². The van der Waals surface area contributed by atoms with Gasteiger partial charge in [0, 0.05) is 18.8 Å². The van der Waals surface area contributed by atoms with Crippen molar-refractivity contribution < 1.29 is 18.0 Å². The van der Waals surface area contributed by atoms with Crippen LogP contribution in [0.2, 0.25) is 5.02 Å². The third-order valence-electron chi connectivity index (χ3n) is 3.40. The van der Waals surface area contributed by atoms with Crippen molar-refractivity contribution in [3.8, 4) is 0 Å². The summed E-state index contributed by atoms with van der Waals surface area (Å²) in [4.78, 5) is 13.4. The molecule has 0 bridgehead atoms. The van der Waals surface area contributed by atoms with Crippen LogP contribution in [0.5, 0.6) is 0 Å². The smallest absolute Gasteiger partial charge is 0.393 e. The number of halogens is 5. The zero-order valence-electron chi connectivity index (χ0n) is 11.0. The Kier molecular flexibility index (Phi) is 5.75. The van der Waals surface area contributed by atoms with Gasteiger partial charge in [0.2, 0.25) is 0 Å². The molecule has 1 fully saturated rings. The first-order valence-electron chi connectivity index (χ1n) is 6.20. The predicted molar refractivity (Wildman–Crippen MR) is 77.8 cm³/mol. The lowest BCUT2D eigenvalue weighted by Gasteiger charge is -2.33. The van der Waals surface area contributed by atoms with Gasteiger partial charge in [0.1, 0.15) is 0 Å². The minimum Gasteiger partial charge on any atom is -0.399 e. The van der Waals surface area contributed by atoms with Gasteiger partial charge in [-0.2, -0.15) is 13.2 Å². The molecule has 1 atom stereocenters. The molecule has 8 heteroatoms. The summed E-state index contributed by atoms with van der Waals surface area (Å²) in [5.74, 6) is -1.95. The van der Waals surface area contributed by atoms with E-state index in [2.05, 4.69) is 0 Å². The molecule has 0 aliphatic carbocycles. The van der Waals surface area contributed by atoms with Gasteiger partial charge in [-0.25, -0.2) is 0 Å². The summed E-state index contributed by atoms with van der Waals surface area (Å²) < 4.78 is 38.2. The first-order chi connectivity index (χ1) is 9.29. The van der Waals surface area contributed by atoms with Gasteiger partial charge in [0.05, 0.1) is 16.5 Å². The highest BCUT2D eigenvalue weighted by Gasteiger charge is 2.42. The average molecular weight is 343 g/mol. The molecule has 3 nitrogen and oxygen atoms in total. The molecule has 1 aliphatic rings. The Morgan fingerprint density at radius 1 is 1.38 bits per heavy atom. The molecule has 1 heterocycles. The Bertz CT molecular complexity index is 523. The fourth-order valence-corrected chi connectivity index (χ4v) is 2.57. The average Bonchev–Trinajstić information content (AvgIpc) is 2.37. The highest BCUT2D eigenvalue weighted by atomic mass is 35.5. The van der Waals surface area contributed by atoms with E-state index in [1.807, 2.05) is 0 Å². The van der Waals surface area contributed by atoms with Crippen LogP contribution in [0.3, 0.4) is 0 Å². The highest BCUT2D eigenvalue weighted by molar-refractivity contribution is 6.34. The van der Waals surface area contributed by atoms with E-state index in [1.54, 1.807) is 0 Å². The molecule has 1 saturated heterocycles. The fourth-order valence-electron chi connectivity index (χ4n) is 2.30. The molecule has 0 aromatic heterocycles. The van der Waals surface area contributed by atoms with Crippen molar-refractivity contribution >= 4 is 35.6 Å². The minimum atomic E-state index is -4.27. The van der Waals surface area contributed by atoms with Gasteiger partial charge in [0.15, 0.2) is 0 Å². The molecule has 2 N–H and O–H groups in total. The number of rotatable bonds is 1. The van der Waals surface area contributed by atoms with Crippen molar-refractivity contribution in [1.29, 1.82) is 0 Å². The molecule has 0 saturated carbocycles. The molecule has 21 heavy (non-hydrogen) atoms. The van der Waals surface area contributed by atoms with Gasteiger partial charge < -0.3 is 10.6 Å². The summed E-state index contributed by atoms with van der Waals surface area (Å²) >= 11 is 5.92. The molecule has 118 valence electrons. The molecule has 1 aromatic carbocycles. The second-order valence-corrected chi connectivity index (χ2v) is 5.28. The quantitative estimate of drug-likeness (QED) is 0.790. The normalized spacial score (nSPS) is 19.0. The first kappa shape index (κ1) is 17.9. The van der Waals surface area contributed by atoms with Gasteiger partial charge >= 0.3 is 6.18 Å². The summed E-state index contributed by atoms with van der Waals surface area (Å²) in [6.07, 6.45) is -3.88. The number of alkyl halides is 3. The minimum absolute atomic E-state index is 0. The number of nitrogens with two attached hydrogens (primary N) is 1. The van der Waals surface area contributed by atoms with Crippen LogP contribution in [-0.2, 0) is 0 Å². The summed E-state index contributed by atoms with van der Waals surface area (Å²) in [5.41, 5.74) is 6.11. The number of amides is 1. The third kappa shape index (κ3) is 4.17. The van der Waals surface area contributed by atoms with E-state index < -0.39 is 18.0 Å². The molecular formula is C13H15Cl2F3N2O. The number of hydrogen-bond acceptors (Lipinski definition) is 2. The lowest BCUT2D eigenvalue weighted by atomic mass is 9.97. The number of nitrogen functional groups attached to an aromatic ring is 1. The number of hydrogen-bond donors (Lipinski definition) is 1. The third-order valence-corrected chi connectivity index (χ3v) is 3.71. The van der Waals surface area contributed by atoms with Crippen LogP contribution in [-0.4, -0.2) is 30.1 Å². The molecule has 1 aromatic rings. The van der Waals surface area contributed by atoms with Crippen molar-refractivity contribution in [2.75, 3.05) is 18.8 Å². The SMILES string of the molecule is Cl.Nc1ccc(C(=O)N2CCCC(C(F)(F)F)C2)c(Cl)c1. The van der Waals surface area contributed by atoms with Crippen molar-refractivity contribution in [3.63, 3.8) is 0 Å². The van der Waals surface area contributed by atoms with Crippen LogP contribution in [0.1, 0.15) is 23.2 Å². The summed E-state index contributed by atoms with van der Waals surface area (Å²) in [6, 6.07) is 4.36. The van der Waals surface area contributed by atoms with Gasteiger partial charge in [-0.3, -0.25) is 4.79 Å². The predicted octanol–water partition coefficient (Wildman–Crippen LogP) is 3.76. The van der Waals surface area contributed by atoms with E-state index in [0.29, 0.717) is 18.7 Å². The number of benzene rings is 1. The van der Waals surface area contributed by atoms with Crippen molar-refractivity contribution in [1.82, 2.24) is 4.90 Å². The number of carbonyl (C=O) groups is 1. The van der Waals surface area contributed by atoms with Crippen LogP contribution in [0.15, 0.2) is 18.2 Å². The number of carbonyl (C=O) groups excluding carboxylic acids is 1. The summed E-state index contributed by atoms with van der Waals surface area (Å²) in [5, 5.41) is 0.157. The van der Waals surface area contributed by atoms with Crippen LogP contribution in [0, 0.1) is 5.92 Å². The van der Waals surface area contributed by atoms with E-state index in [4.69, 9.17) is 17.3 Å². The van der Waals surface area contributed by atoms with Crippen LogP contribution in [0.4, 0.5) is 18.9 Å². The zero-order chi connectivity index (χ0) is 14.9. The van der Waals surface area contributed by atoms with E-state index in [1.165, 1.54) is 23.1 Å². The lowest BCUT2D eigenvalue weighted by Crippen LogP contribution is -2.44. The Morgan fingerprint density at radius 2 is 2.05 bits per heavy atom. The largest absolute Gasteiger partial charge is 0.399 e. The van der Waals surface area contributed by atoms with Crippen LogP contribution < -0.4 is 5.73 Å². The Balaban J connectivity index is 0.00000220. The number of nitrogens with zero attached hydrogens (tertiary/aromatic N) is 1. The Labute approximate surface area is 131 Å². The number of piperidine rings is 1. The van der Waals surface area contributed by atoms with Gasteiger partial charge in [0.25, 0.3) is 5.91 Å². The van der Waals surface area contributed by atoms with E-state index in [0.717, 1.165) is 0 Å². The van der Waals surface area contributed by atoms with Gasteiger partial charge in [-0.15, -0.1) is 12.4 Å². The lowest BCUT2D eigenvalue weighted by molar-refractivity contribution is -0.184. The highest BCUT2D eigenvalue weighted by Crippen LogP contribution is 2.34. The first-order valence-corrected chi connectivity index (χ1v) is 6.58. The molecule has 1 unspecified atom stereocenters. The van der Waals surface area contributed by atoms with Crippen molar-refractivity contribution in [2.24, 2.45) is 5.92 Å². The van der Waals surface area contributed by atoms with Crippen molar-refractivity contribution in [3.05, 3.63) is 28.8 Å². The number of likely N-dealkylation sites (tertiary alicyclic amines) is 1. The van der Waals surface area contributed by atoms with Crippen LogP contribution >= 0.6 is 24.0 Å². The zero-order valence-corrected chi connectivity index (χ0v) is 12.6. The second-order valence-electron chi connectivity index (χ2n) is 4.87. The molecule has 2 rings (SSSR count). The van der Waals surface area contributed by atoms with Crippen molar-refractivity contribution in [2.45, 2.75) is 19.0 Å². The number of anilines is 1. The maximum absolute atomic E-state index is 12.7. The Morgan fingerprint density at radius 3 is 2.62 bits per heavy atom. The topological polar surface area (TPSA) is 46.3 Å². The molecule has 1 aliphatic heterocycles. The van der Waals surface area contributed by atoms with Gasteiger partial charge in [-0.05, 0) is 31.0 Å². The maximum atomic E-state index is 12.7. The fraction of sp³-hybridized carbons (Fsp3) is 0.462. The maximum Gasteiger partial charge on any atom is 0.393 e. The van der Waals surface area contributed by atoms with E-state index in [9.17, 15) is 18.0 Å². The Hall–Kier alpha value is -1.14. The van der Waals surface area contributed by atoms with E-state index in [-0.39, 0.29) is 36.0 Å². The molecular weight excluding hydrogens is 328 g/mol. The summed E-state index contributed by atoms with van der Waals surface area (Å²) in [7, 11) is 0. The summed E-state index contributed by atoms with van der Waals surface area (Å²) in [6.45, 7) is -0.00480. The standard InChI is InChI=1S/C13H14ClF3N2O.ClH/c14-11-6-9(18)3-4-10(11)12(20)19-5-1-2-8(7-19)13(15,16)17;/h3-4,6,8H,1-2,5,7,18H2;1H. The monoisotopic (exact) mass is 342 g/mol.